The molecule has 9 heteroatoms. The normalized spacial score (nSPS) is 16.6. The number of aromatic amines is 1. The molecule has 192 valence electrons. The summed E-state index contributed by atoms with van der Waals surface area (Å²) in [6, 6.07) is 19.9. The molecule has 1 aliphatic rings. The van der Waals surface area contributed by atoms with Gasteiger partial charge < -0.3 is 26.0 Å². The molecule has 9 nitrogen and oxygen atoms in total. The van der Waals surface area contributed by atoms with E-state index in [0.717, 1.165) is 22.1 Å². The zero-order valence-corrected chi connectivity index (χ0v) is 20.7. The van der Waals surface area contributed by atoms with Gasteiger partial charge in [-0.1, -0.05) is 42.5 Å². The van der Waals surface area contributed by atoms with Gasteiger partial charge in [-0.2, -0.15) is 0 Å². The third-order valence-corrected chi connectivity index (χ3v) is 6.75. The van der Waals surface area contributed by atoms with Gasteiger partial charge in [-0.3, -0.25) is 14.4 Å². The number of hydrogen-bond acceptors (Lipinski definition) is 5. The maximum atomic E-state index is 12.9. The Hall–Kier alpha value is -4.76. The molecule has 0 saturated carbocycles. The van der Waals surface area contributed by atoms with Crippen molar-refractivity contribution in [1.82, 2.24) is 9.97 Å². The van der Waals surface area contributed by atoms with E-state index in [2.05, 4.69) is 15.3 Å². The second kappa shape index (κ2) is 10.3. The fourth-order valence-corrected chi connectivity index (χ4v) is 4.54. The van der Waals surface area contributed by atoms with Crippen LogP contribution in [0, 0.1) is 0 Å². The summed E-state index contributed by atoms with van der Waals surface area (Å²) in [5, 5.41) is 13.3. The van der Waals surface area contributed by atoms with Crippen molar-refractivity contribution in [2.24, 2.45) is 5.73 Å². The lowest BCUT2D eigenvalue weighted by Crippen LogP contribution is -2.29. The summed E-state index contributed by atoms with van der Waals surface area (Å²) in [5.41, 5.74) is 9.52. The van der Waals surface area contributed by atoms with Gasteiger partial charge >= 0.3 is 0 Å². The number of aliphatic hydroxyl groups excluding tert-OH is 1. The minimum absolute atomic E-state index is 0.232. The number of benzene rings is 2. The number of carbonyl (C=O) groups excluding carboxylic acids is 3. The lowest BCUT2D eigenvalue weighted by atomic mass is 10.00. The Morgan fingerprint density at radius 3 is 2.53 bits per heavy atom. The van der Waals surface area contributed by atoms with E-state index in [1.807, 2.05) is 36.4 Å². The highest BCUT2D eigenvalue weighted by Crippen LogP contribution is 2.27. The molecule has 2 atom stereocenters. The van der Waals surface area contributed by atoms with Crippen molar-refractivity contribution in [2.45, 2.75) is 25.4 Å². The van der Waals surface area contributed by atoms with Gasteiger partial charge in [0, 0.05) is 41.4 Å². The maximum Gasteiger partial charge on any atom is 0.255 e. The van der Waals surface area contributed by atoms with Crippen molar-refractivity contribution >= 4 is 51.9 Å². The molecule has 3 amide bonds. The van der Waals surface area contributed by atoms with E-state index in [0.29, 0.717) is 35.7 Å². The Morgan fingerprint density at radius 1 is 1.13 bits per heavy atom. The molecular weight excluding hydrogens is 482 g/mol. The summed E-state index contributed by atoms with van der Waals surface area (Å²) < 4.78 is 0. The average molecular weight is 510 g/mol. The molecular formula is C29H27N5O4. The second-order valence-electron chi connectivity index (χ2n) is 9.22. The van der Waals surface area contributed by atoms with Gasteiger partial charge in [0.15, 0.2) is 0 Å². The number of hydrogen-bond donors (Lipinski definition) is 4. The number of nitrogens with two attached hydrogens (primary N) is 1. The molecule has 1 fully saturated rings. The van der Waals surface area contributed by atoms with Gasteiger partial charge in [0.05, 0.1) is 5.92 Å². The standard InChI is InChI=1S/C29H27N5O4/c1-17(18-7-9-21(10-8-18)34-14-13-24(35)29(34)38)28(37)33-25-12-11-22-20(16-31-27(22)32-25)15-23(26(30)36)19-5-3-2-4-6-19/h2-12,15-17,24,35H,13-14H2,1H3,(H2,30,36)(H2,31,32,33,37). The number of fused-ring (bicyclic) bond motifs is 1. The highest BCUT2D eigenvalue weighted by Gasteiger charge is 2.30. The number of rotatable bonds is 7. The van der Waals surface area contributed by atoms with Crippen LogP contribution in [0.5, 0.6) is 0 Å². The number of aliphatic hydroxyl groups is 1. The average Bonchev–Trinajstić information content (AvgIpc) is 3.49. The molecule has 5 rings (SSSR count). The van der Waals surface area contributed by atoms with Gasteiger partial charge in [-0.25, -0.2) is 4.98 Å². The van der Waals surface area contributed by atoms with Gasteiger partial charge in [-0.05, 0) is 48.4 Å². The predicted molar refractivity (Wildman–Crippen MR) is 146 cm³/mol. The van der Waals surface area contributed by atoms with Crippen molar-refractivity contribution < 1.29 is 19.5 Å². The molecule has 1 saturated heterocycles. The smallest absolute Gasteiger partial charge is 0.255 e. The zero-order valence-electron chi connectivity index (χ0n) is 20.7. The predicted octanol–water partition coefficient (Wildman–Crippen LogP) is 3.43. The highest BCUT2D eigenvalue weighted by molar-refractivity contribution is 6.24. The molecule has 2 unspecified atom stereocenters. The minimum Gasteiger partial charge on any atom is -0.383 e. The van der Waals surface area contributed by atoms with E-state index >= 15 is 0 Å². The summed E-state index contributed by atoms with van der Waals surface area (Å²) in [6.07, 6.45) is 2.92. The molecule has 3 heterocycles. The maximum absolute atomic E-state index is 12.9. The molecule has 2 aromatic carbocycles. The van der Waals surface area contributed by atoms with Crippen LogP contribution in [0.15, 0.2) is 72.9 Å². The van der Waals surface area contributed by atoms with Gasteiger partial charge in [0.1, 0.15) is 17.6 Å². The number of nitrogens with one attached hydrogen (secondary N) is 2. The van der Waals surface area contributed by atoms with Crippen LogP contribution in [0.4, 0.5) is 11.5 Å². The van der Waals surface area contributed by atoms with Crippen LogP contribution >= 0.6 is 0 Å². The molecule has 5 N–H and O–H groups in total. The first-order valence-corrected chi connectivity index (χ1v) is 12.3. The molecule has 0 aliphatic carbocycles. The Morgan fingerprint density at radius 2 is 1.87 bits per heavy atom. The van der Waals surface area contributed by atoms with Crippen LogP contribution in [-0.4, -0.2) is 45.4 Å². The number of pyridine rings is 1. The second-order valence-corrected chi connectivity index (χ2v) is 9.22. The fraction of sp³-hybridized carbons (Fsp3) is 0.172. The van der Waals surface area contributed by atoms with Gasteiger partial charge in [0.25, 0.3) is 5.91 Å². The first kappa shape index (κ1) is 24.9. The van der Waals surface area contributed by atoms with Crippen molar-refractivity contribution in [2.75, 3.05) is 16.8 Å². The van der Waals surface area contributed by atoms with E-state index in [1.165, 1.54) is 0 Å². The van der Waals surface area contributed by atoms with E-state index in [4.69, 9.17) is 5.73 Å². The summed E-state index contributed by atoms with van der Waals surface area (Å²) in [5.74, 6) is -1.15. The Kier molecular flexibility index (Phi) is 6.76. The molecule has 38 heavy (non-hydrogen) atoms. The topological polar surface area (TPSA) is 141 Å². The molecule has 0 radical (unpaired) electrons. The van der Waals surface area contributed by atoms with Crippen LogP contribution in [0.2, 0.25) is 0 Å². The lowest BCUT2D eigenvalue weighted by Gasteiger charge is -2.17. The van der Waals surface area contributed by atoms with E-state index in [1.54, 1.807) is 54.4 Å². The summed E-state index contributed by atoms with van der Waals surface area (Å²) in [4.78, 5) is 46.2. The Bertz CT molecular complexity index is 1540. The van der Waals surface area contributed by atoms with Crippen LogP contribution in [0.25, 0.3) is 22.7 Å². The third-order valence-electron chi connectivity index (χ3n) is 6.75. The van der Waals surface area contributed by atoms with Crippen LogP contribution < -0.4 is 16.0 Å². The van der Waals surface area contributed by atoms with Crippen molar-refractivity contribution in [3.63, 3.8) is 0 Å². The Balaban J connectivity index is 1.31. The summed E-state index contributed by atoms with van der Waals surface area (Å²) in [6.45, 7) is 2.26. The summed E-state index contributed by atoms with van der Waals surface area (Å²) in [7, 11) is 0. The highest BCUT2D eigenvalue weighted by atomic mass is 16.3. The van der Waals surface area contributed by atoms with Crippen molar-refractivity contribution in [3.05, 3.63) is 89.6 Å². The number of anilines is 2. The van der Waals surface area contributed by atoms with Gasteiger partial charge in [-0.15, -0.1) is 0 Å². The lowest BCUT2D eigenvalue weighted by molar-refractivity contribution is -0.124. The van der Waals surface area contributed by atoms with E-state index in [9.17, 15) is 19.5 Å². The molecule has 1 aliphatic heterocycles. The first-order valence-electron chi connectivity index (χ1n) is 12.3. The van der Waals surface area contributed by atoms with Crippen LogP contribution in [0.1, 0.15) is 36.0 Å². The zero-order chi connectivity index (χ0) is 26.8. The third kappa shape index (κ3) is 4.91. The number of H-pyrrole nitrogens is 1. The number of aromatic nitrogens is 2. The fourth-order valence-electron chi connectivity index (χ4n) is 4.54. The molecule has 0 bridgehead atoms. The SMILES string of the molecule is CC(C(=O)Nc1ccc2c(C=C(C(N)=O)c3ccccc3)c[nH]c2n1)c1ccc(N2CCC(O)C2=O)cc1. The van der Waals surface area contributed by atoms with Crippen molar-refractivity contribution in [1.29, 1.82) is 0 Å². The monoisotopic (exact) mass is 509 g/mol. The number of primary amides is 1. The molecule has 0 spiro atoms. The van der Waals surface area contributed by atoms with Crippen LogP contribution in [0.3, 0.4) is 0 Å². The Labute approximate surface area is 219 Å². The number of nitrogens with zero attached hydrogens (tertiary/aromatic N) is 2. The largest absolute Gasteiger partial charge is 0.383 e. The number of carbonyl (C=O) groups is 3. The number of amides is 3. The van der Waals surface area contributed by atoms with E-state index in [-0.39, 0.29) is 11.8 Å². The van der Waals surface area contributed by atoms with Gasteiger partial charge in [0.2, 0.25) is 11.8 Å². The van der Waals surface area contributed by atoms with Crippen LogP contribution in [-0.2, 0) is 14.4 Å². The minimum atomic E-state index is -0.954. The molecule has 4 aromatic rings. The first-order chi connectivity index (χ1) is 18.3. The summed E-state index contributed by atoms with van der Waals surface area (Å²) >= 11 is 0. The quantitative estimate of drug-likeness (QED) is 0.283. The van der Waals surface area contributed by atoms with Crippen molar-refractivity contribution in [3.8, 4) is 0 Å². The molecule has 2 aromatic heterocycles. The van der Waals surface area contributed by atoms with E-state index < -0.39 is 17.9 Å².